The van der Waals surface area contributed by atoms with Gasteiger partial charge in [0.2, 0.25) is 10.0 Å². The number of benzene rings is 1. The molecule has 0 spiro atoms. The van der Waals surface area contributed by atoms with Crippen LogP contribution in [0.2, 0.25) is 10.0 Å². The second kappa shape index (κ2) is 8.11. The Balaban J connectivity index is 3.07. The first-order chi connectivity index (χ1) is 11.0. The molecule has 0 saturated heterocycles. The smallest absolute Gasteiger partial charge is 0.424 e. The molecule has 0 aliphatic carbocycles. The summed E-state index contributed by atoms with van der Waals surface area (Å²) < 4.78 is 31.0. The third-order valence-electron chi connectivity index (χ3n) is 2.73. The number of ether oxygens (including phenoxy) is 1. The number of hydrogen-bond donors (Lipinski definition) is 0. The van der Waals surface area contributed by atoms with Gasteiger partial charge in [-0.25, -0.2) is 17.5 Å². The molecule has 0 aliphatic rings. The van der Waals surface area contributed by atoms with E-state index in [9.17, 15) is 13.2 Å². The molecule has 0 saturated carbocycles. The highest BCUT2D eigenvalue weighted by atomic mass is 35.5. The van der Waals surface area contributed by atoms with Gasteiger partial charge in [0, 0.05) is 6.42 Å². The highest BCUT2D eigenvalue weighted by molar-refractivity contribution is 7.88. The van der Waals surface area contributed by atoms with Crippen LogP contribution in [0.3, 0.4) is 0 Å². The molecular weight excluding hydrogens is 373 g/mol. The van der Waals surface area contributed by atoms with E-state index in [1.54, 1.807) is 20.8 Å². The Bertz CT molecular complexity index is 748. The molecule has 132 valence electrons. The van der Waals surface area contributed by atoms with Crippen molar-refractivity contribution in [2.45, 2.75) is 38.5 Å². The Labute approximate surface area is 152 Å². The topological polar surface area (TPSA) is 63.7 Å². The molecule has 0 atom stereocenters. The van der Waals surface area contributed by atoms with Crippen molar-refractivity contribution in [1.29, 1.82) is 0 Å². The molecule has 24 heavy (non-hydrogen) atoms. The van der Waals surface area contributed by atoms with E-state index in [0.717, 1.165) is 0 Å². The van der Waals surface area contributed by atoms with Gasteiger partial charge in [0.05, 0.1) is 22.3 Å². The monoisotopic (exact) mass is 391 g/mol. The summed E-state index contributed by atoms with van der Waals surface area (Å²) in [6.45, 7) is 4.79. The van der Waals surface area contributed by atoms with Gasteiger partial charge in [-0.15, -0.1) is 12.3 Å². The van der Waals surface area contributed by atoms with Crippen LogP contribution in [0.5, 0.6) is 0 Å². The Morgan fingerprint density at radius 2 is 1.92 bits per heavy atom. The van der Waals surface area contributed by atoms with Gasteiger partial charge >= 0.3 is 6.09 Å². The SMILES string of the molecule is C#CCCN(C(=O)OC(C)(C)C)S(=O)(=O)Cc1ccc(Cl)c(Cl)c1. The minimum atomic E-state index is -3.99. The molecule has 0 N–H and O–H groups in total. The Kier molecular flexibility index (Phi) is 6.97. The third kappa shape index (κ3) is 6.23. The van der Waals surface area contributed by atoms with Gasteiger partial charge in [-0.2, -0.15) is 0 Å². The van der Waals surface area contributed by atoms with E-state index < -0.39 is 27.5 Å². The zero-order valence-corrected chi connectivity index (χ0v) is 16.0. The van der Waals surface area contributed by atoms with Crippen molar-refractivity contribution in [2.24, 2.45) is 0 Å². The first-order valence-corrected chi connectivity index (χ1v) is 9.43. The maximum Gasteiger partial charge on any atom is 0.424 e. The molecule has 5 nitrogen and oxygen atoms in total. The number of carbonyl (C=O) groups is 1. The molecule has 0 radical (unpaired) electrons. The molecule has 0 aliphatic heterocycles. The summed E-state index contributed by atoms with van der Waals surface area (Å²) in [5.41, 5.74) is -0.427. The van der Waals surface area contributed by atoms with Crippen molar-refractivity contribution in [1.82, 2.24) is 4.31 Å². The maximum atomic E-state index is 12.6. The average molecular weight is 392 g/mol. The number of halogens is 2. The molecular formula is C16H19Cl2NO4S. The molecule has 8 heteroatoms. The van der Waals surface area contributed by atoms with E-state index in [4.69, 9.17) is 34.4 Å². The standard InChI is InChI=1S/C16H19Cl2NO4S/c1-5-6-9-19(15(20)23-16(2,3)4)24(21,22)11-12-7-8-13(17)14(18)10-12/h1,7-8,10H,6,9,11H2,2-4H3. The summed E-state index contributed by atoms with van der Waals surface area (Å²) >= 11 is 11.7. The summed E-state index contributed by atoms with van der Waals surface area (Å²) in [6.07, 6.45) is 4.30. The molecule has 1 amide bonds. The van der Waals surface area contributed by atoms with Gasteiger partial charge in [0.25, 0.3) is 0 Å². The van der Waals surface area contributed by atoms with Crippen LogP contribution < -0.4 is 0 Å². The summed E-state index contributed by atoms with van der Waals surface area (Å²) in [7, 11) is -3.99. The Morgan fingerprint density at radius 1 is 1.29 bits per heavy atom. The lowest BCUT2D eigenvalue weighted by atomic mass is 10.2. The molecule has 1 rings (SSSR count). The molecule has 0 fully saturated rings. The lowest BCUT2D eigenvalue weighted by Gasteiger charge is -2.26. The predicted molar refractivity (Wildman–Crippen MR) is 95.5 cm³/mol. The molecule has 0 aromatic heterocycles. The minimum Gasteiger partial charge on any atom is -0.443 e. The fourth-order valence-electron chi connectivity index (χ4n) is 1.74. The van der Waals surface area contributed by atoms with Crippen molar-refractivity contribution in [2.75, 3.05) is 6.54 Å². The van der Waals surface area contributed by atoms with Crippen LogP contribution in [0.15, 0.2) is 18.2 Å². The van der Waals surface area contributed by atoms with Gasteiger partial charge in [-0.05, 0) is 38.5 Å². The zero-order valence-electron chi connectivity index (χ0n) is 13.7. The number of sulfonamides is 1. The van der Waals surface area contributed by atoms with Gasteiger partial charge in [0.1, 0.15) is 5.60 Å². The van der Waals surface area contributed by atoms with E-state index in [0.29, 0.717) is 14.9 Å². The van der Waals surface area contributed by atoms with E-state index >= 15 is 0 Å². The number of nitrogens with zero attached hydrogens (tertiary/aromatic N) is 1. The number of amides is 1. The highest BCUT2D eigenvalue weighted by Gasteiger charge is 2.31. The summed E-state index contributed by atoms with van der Waals surface area (Å²) in [4.78, 5) is 12.2. The van der Waals surface area contributed by atoms with Crippen molar-refractivity contribution in [3.8, 4) is 12.3 Å². The first kappa shape index (κ1) is 20.6. The normalized spacial score (nSPS) is 11.7. The summed E-state index contributed by atoms with van der Waals surface area (Å²) in [5.74, 6) is 1.89. The second-order valence-corrected chi connectivity index (χ2v) is 8.72. The van der Waals surface area contributed by atoms with Crippen LogP contribution in [-0.2, 0) is 20.5 Å². The van der Waals surface area contributed by atoms with Crippen LogP contribution in [0, 0.1) is 12.3 Å². The number of hydrogen-bond acceptors (Lipinski definition) is 4. The minimum absolute atomic E-state index is 0.0832. The number of carbonyl (C=O) groups excluding carboxylic acids is 1. The van der Waals surface area contributed by atoms with E-state index in [1.165, 1.54) is 18.2 Å². The largest absolute Gasteiger partial charge is 0.443 e. The molecule has 0 bridgehead atoms. The van der Waals surface area contributed by atoms with E-state index in [1.807, 2.05) is 0 Å². The molecule has 0 heterocycles. The average Bonchev–Trinajstić information content (AvgIpc) is 2.40. The Hall–Kier alpha value is -1.42. The van der Waals surface area contributed by atoms with Crippen LogP contribution >= 0.6 is 23.2 Å². The van der Waals surface area contributed by atoms with Gasteiger partial charge in [0.15, 0.2) is 0 Å². The van der Waals surface area contributed by atoms with Crippen molar-refractivity contribution in [3.63, 3.8) is 0 Å². The lowest BCUT2D eigenvalue weighted by molar-refractivity contribution is 0.0393. The quantitative estimate of drug-likeness (QED) is 0.709. The highest BCUT2D eigenvalue weighted by Crippen LogP contribution is 2.24. The molecule has 0 unspecified atom stereocenters. The summed E-state index contributed by atoms with van der Waals surface area (Å²) in [6, 6.07) is 4.46. The van der Waals surface area contributed by atoms with Crippen molar-refractivity contribution >= 4 is 39.3 Å². The zero-order chi connectivity index (χ0) is 18.5. The van der Waals surface area contributed by atoms with Crippen LogP contribution in [0.4, 0.5) is 4.79 Å². The molecule has 1 aromatic rings. The van der Waals surface area contributed by atoms with Crippen LogP contribution in [0.1, 0.15) is 32.8 Å². The fourth-order valence-corrected chi connectivity index (χ4v) is 3.45. The second-order valence-electron chi connectivity index (χ2n) is 6.01. The fraction of sp³-hybridized carbons (Fsp3) is 0.438. The molecule has 1 aromatic carbocycles. The number of terminal acetylenes is 1. The number of rotatable bonds is 5. The third-order valence-corrected chi connectivity index (χ3v) is 5.17. The predicted octanol–water partition coefficient (Wildman–Crippen LogP) is 4.08. The van der Waals surface area contributed by atoms with E-state index in [-0.39, 0.29) is 18.0 Å². The van der Waals surface area contributed by atoms with Crippen molar-refractivity contribution < 1.29 is 17.9 Å². The van der Waals surface area contributed by atoms with Gasteiger partial charge in [-0.1, -0.05) is 29.3 Å². The lowest BCUT2D eigenvalue weighted by Crippen LogP contribution is -2.41. The maximum absolute atomic E-state index is 12.6. The van der Waals surface area contributed by atoms with Crippen LogP contribution in [0.25, 0.3) is 0 Å². The summed E-state index contributed by atoms with van der Waals surface area (Å²) in [5, 5.41) is 0.547. The van der Waals surface area contributed by atoms with Gasteiger partial charge in [-0.3, -0.25) is 0 Å². The van der Waals surface area contributed by atoms with Gasteiger partial charge < -0.3 is 4.74 Å². The van der Waals surface area contributed by atoms with Crippen LogP contribution in [-0.4, -0.2) is 31.0 Å². The van der Waals surface area contributed by atoms with Crippen molar-refractivity contribution in [3.05, 3.63) is 33.8 Å². The van der Waals surface area contributed by atoms with E-state index in [2.05, 4.69) is 5.92 Å². The first-order valence-electron chi connectivity index (χ1n) is 7.07. The Morgan fingerprint density at radius 3 is 2.42 bits per heavy atom.